The van der Waals surface area contributed by atoms with Gasteiger partial charge in [-0.2, -0.15) is 0 Å². The highest BCUT2D eigenvalue weighted by Crippen LogP contribution is 2.14. The maximum Gasteiger partial charge on any atom is 0.120 e. The molecule has 0 aliphatic heterocycles. The van der Waals surface area contributed by atoms with Crippen molar-refractivity contribution in [3.63, 3.8) is 0 Å². The van der Waals surface area contributed by atoms with Gasteiger partial charge in [0, 0.05) is 25.5 Å². The number of aryl methyl sites for hydroxylation is 2. The topological polar surface area (TPSA) is 61.4 Å². The van der Waals surface area contributed by atoms with Crippen LogP contribution in [-0.4, -0.2) is 39.2 Å². The Bertz CT molecular complexity index is 816. The number of hydrogen-bond acceptors (Lipinski definition) is 4. The third-order valence-corrected chi connectivity index (χ3v) is 4.52. The minimum absolute atomic E-state index is 0.255. The Morgan fingerprint density at radius 3 is 2.56 bits per heavy atom. The Balaban J connectivity index is 1.61. The van der Waals surface area contributed by atoms with Gasteiger partial charge in [0.1, 0.15) is 24.3 Å². The first-order valence-electron chi connectivity index (χ1n) is 9.23. The number of rotatable bonds is 9. The summed E-state index contributed by atoms with van der Waals surface area (Å²) in [6.07, 6.45) is 2.97. The van der Waals surface area contributed by atoms with Gasteiger partial charge in [-0.05, 0) is 37.1 Å². The highest BCUT2D eigenvalue weighted by Gasteiger charge is 2.15. The molecule has 5 nitrogen and oxygen atoms in total. The molecule has 1 aromatic heterocycles. The second kappa shape index (κ2) is 9.35. The summed E-state index contributed by atoms with van der Waals surface area (Å²) in [6.45, 7) is 6.29. The zero-order valence-electron chi connectivity index (χ0n) is 15.9. The molecule has 0 saturated heterocycles. The van der Waals surface area contributed by atoms with Gasteiger partial charge in [-0.25, -0.2) is 4.98 Å². The Kier molecular flexibility index (Phi) is 6.63. The SMILES string of the molecule is Cc1ccc(OCC(O)CN(Cc2ncc[nH]2)Cc2ccccc2C)cc1. The number of ether oxygens (including phenoxy) is 1. The molecule has 3 rings (SSSR count). The normalized spacial score (nSPS) is 12.3. The van der Waals surface area contributed by atoms with Gasteiger partial charge in [0.15, 0.2) is 0 Å². The molecular formula is C22H27N3O2. The predicted octanol–water partition coefficient (Wildman–Crippen LogP) is 3.47. The van der Waals surface area contributed by atoms with Crippen LogP contribution in [0.3, 0.4) is 0 Å². The molecule has 0 saturated carbocycles. The summed E-state index contributed by atoms with van der Waals surface area (Å²) < 4.78 is 5.73. The standard InChI is InChI=1S/C22H27N3O2/c1-17-7-9-21(10-8-17)27-16-20(26)14-25(15-22-23-11-12-24-22)13-19-6-4-3-5-18(19)2/h3-12,20,26H,13-16H2,1-2H3,(H,23,24). The Hall–Kier alpha value is -2.63. The molecule has 0 radical (unpaired) electrons. The van der Waals surface area contributed by atoms with Crippen molar-refractivity contribution in [2.24, 2.45) is 0 Å². The molecule has 1 unspecified atom stereocenters. The van der Waals surface area contributed by atoms with Crippen molar-refractivity contribution >= 4 is 0 Å². The van der Waals surface area contributed by atoms with Gasteiger partial charge < -0.3 is 14.8 Å². The third-order valence-electron chi connectivity index (χ3n) is 4.52. The van der Waals surface area contributed by atoms with E-state index in [1.165, 1.54) is 16.7 Å². The van der Waals surface area contributed by atoms with Gasteiger partial charge in [-0.15, -0.1) is 0 Å². The van der Waals surface area contributed by atoms with Crippen molar-refractivity contribution in [1.29, 1.82) is 0 Å². The molecule has 3 aromatic rings. The lowest BCUT2D eigenvalue weighted by atomic mass is 10.1. The Labute approximate surface area is 160 Å². The van der Waals surface area contributed by atoms with Crippen LogP contribution >= 0.6 is 0 Å². The molecule has 1 atom stereocenters. The molecule has 0 fully saturated rings. The molecule has 0 spiro atoms. The molecule has 5 heteroatoms. The van der Waals surface area contributed by atoms with Crippen LogP contribution in [0.4, 0.5) is 0 Å². The summed E-state index contributed by atoms with van der Waals surface area (Å²) in [4.78, 5) is 9.64. The maximum absolute atomic E-state index is 10.5. The van der Waals surface area contributed by atoms with Gasteiger partial charge in [0.05, 0.1) is 6.54 Å². The average molecular weight is 365 g/mol. The number of nitrogens with one attached hydrogen (secondary N) is 1. The minimum atomic E-state index is -0.592. The maximum atomic E-state index is 10.5. The number of H-pyrrole nitrogens is 1. The fraction of sp³-hybridized carbons (Fsp3) is 0.318. The van der Waals surface area contributed by atoms with Crippen molar-refractivity contribution in [2.75, 3.05) is 13.2 Å². The van der Waals surface area contributed by atoms with Crippen molar-refractivity contribution in [2.45, 2.75) is 33.0 Å². The highest BCUT2D eigenvalue weighted by molar-refractivity contribution is 5.26. The smallest absolute Gasteiger partial charge is 0.120 e. The number of imidazole rings is 1. The Morgan fingerprint density at radius 1 is 1.07 bits per heavy atom. The quantitative estimate of drug-likeness (QED) is 0.610. The molecule has 0 aliphatic rings. The zero-order valence-corrected chi connectivity index (χ0v) is 15.9. The largest absolute Gasteiger partial charge is 0.491 e. The molecule has 2 aromatic carbocycles. The monoisotopic (exact) mass is 365 g/mol. The van der Waals surface area contributed by atoms with Crippen LogP contribution in [0, 0.1) is 13.8 Å². The molecule has 0 amide bonds. The van der Waals surface area contributed by atoms with E-state index in [1.54, 1.807) is 6.20 Å². The van der Waals surface area contributed by atoms with Crippen LogP contribution in [0.1, 0.15) is 22.5 Å². The third kappa shape index (κ3) is 5.94. The van der Waals surface area contributed by atoms with Crippen LogP contribution in [-0.2, 0) is 13.1 Å². The molecular weight excluding hydrogens is 338 g/mol. The summed E-state index contributed by atoms with van der Waals surface area (Å²) >= 11 is 0. The second-order valence-electron chi connectivity index (χ2n) is 6.91. The lowest BCUT2D eigenvalue weighted by Gasteiger charge is -2.25. The van der Waals surface area contributed by atoms with Crippen LogP contribution < -0.4 is 4.74 Å². The fourth-order valence-electron chi connectivity index (χ4n) is 2.99. The van der Waals surface area contributed by atoms with Gasteiger partial charge >= 0.3 is 0 Å². The summed E-state index contributed by atoms with van der Waals surface area (Å²) in [5.74, 6) is 1.66. The van der Waals surface area contributed by atoms with Crippen LogP contribution in [0.5, 0.6) is 5.75 Å². The zero-order chi connectivity index (χ0) is 19.1. The van der Waals surface area contributed by atoms with E-state index in [2.05, 4.69) is 33.9 Å². The molecule has 142 valence electrons. The molecule has 1 heterocycles. The van der Waals surface area contributed by atoms with Gasteiger partial charge in [0.25, 0.3) is 0 Å². The van der Waals surface area contributed by atoms with Gasteiger partial charge in [-0.3, -0.25) is 4.90 Å². The highest BCUT2D eigenvalue weighted by atomic mass is 16.5. The Morgan fingerprint density at radius 2 is 1.85 bits per heavy atom. The van der Waals surface area contributed by atoms with E-state index in [0.29, 0.717) is 13.1 Å². The van der Waals surface area contributed by atoms with Crippen molar-refractivity contribution in [3.05, 3.63) is 83.4 Å². The van der Waals surface area contributed by atoms with Gasteiger partial charge in [-0.1, -0.05) is 42.0 Å². The lowest BCUT2D eigenvalue weighted by Crippen LogP contribution is -2.35. The summed E-state index contributed by atoms with van der Waals surface area (Å²) in [6, 6.07) is 16.2. The molecule has 0 aliphatic carbocycles. The van der Waals surface area contributed by atoms with Crippen LogP contribution in [0.15, 0.2) is 60.9 Å². The van der Waals surface area contributed by atoms with E-state index in [0.717, 1.165) is 18.1 Å². The number of aromatic amines is 1. The number of aromatic nitrogens is 2. The lowest BCUT2D eigenvalue weighted by molar-refractivity contribution is 0.0619. The van der Waals surface area contributed by atoms with Crippen molar-refractivity contribution < 1.29 is 9.84 Å². The van der Waals surface area contributed by atoms with E-state index in [9.17, 15) is 5.11 Å². The first-order valence-corrected chi connectivity index (χ1v) is 9.23. The predicted molar refractivity (Wildman–Crippen MR) is 107 cm³/mol. The van der Waals surface area contributed by atoms with E-state index in [1.807, 2.05) is 49.5 Å². The van der Waals surface area contributed by atoms with Crippen LogP contribution in [0.2, 0.25) is 0 Å². The van der Waals surface area contributed by atoms with Crippen molar-refractivity contribution in [3.8, 4) is 5.75 Å². The molecule has 2 N–H and O–H groups in total. The molecule has 27 heavy (non-hydrogen) atoms. The summed E-state index contributed by atoms with van der Waals surface area (Å²) in [5.41, 5.74) is 3.67. The van der Waals surface area contributed by atoms with E-state index in [-0.39, 0.29) is 6.61 Å². The first kappa shape index (κ1) is 19.1. The summed E-state index contributed by atoms with van der Waals surface area (Å²) in [5, 5.41) is 10.5. The van der Waals surface area contributed by atoms with E-state index in [4.69, 9.17) is 4.74 Å². The number of nitrogens with zero attached hydrogens (tertiary/aromatic N) is 2. The second-order valence-corrected chi connectivity index (χ2v) is 6.91. The van der Waals surface area contributed by atoms with E-state index >= 15 is 0 Å². The number of aliphatic hydroxyl groups excluding tert-OH is 1. The van der Waals surface area contributed by atoms with Crippen molar-refractivity contribution in [1.82, 2.24) is 14.9 Å². The van der Waals surface area contributed by atoms with E-state index < -0.39 is 6.10 Å². The average Bonchev–Trinajstić information content (AvgIpc) is 3.16. The number of benzene rings is 2. The fourth-order valence-corrected chi connectivity index (χ4v) is 2.99. The van der Waals surface area contributed by atoms with Crippen LogP contribution in [0.25, 0.3) is 0 Å². The first-order chi connectivity index (χ1) is 13.1. The summed E-state index contributed by atoms with van der Waals surface area (Å²) in [7, 11) is 0. The number of hydrogen-bond donors (Lipinski definition) is 2. The minimum Gasteiger partial charge on any atom is -0.491 e. The molecule has 0 bridgehead atoms. The number of aliphatic hydroxyl groups is 1. The van der Waals surface area contributed by atoms with Gasteiger partial charge in [0.2, 0.25) is 0 Å².